The molecule has 10 nitrogen and oxygen atoms in total. The SMILES string of the molecule is CCn1c(N(C)CC(C)N)nc2c1c(=O)n(Cc1cc(OC)c3ccccc3n1)c(=O)n2C. The van der Waals surface area contributed by atoms with E-state index in [1.54, 1.807) is 20.2 Å². The average Bonchev–Trinajstić information content (AvgIpc) is 3.19. The van der Waals surface area contributed by atoms with Crippen molar-refractivity contribution in [3.05, 3.63) is 56.9 Å². The van der Waals surface area contributed by atoms with Gasteiger partial charge in [-0.2, -0.15) is 4.98 Å². The monoisotopic (exact) mass is 451 g/mol. The number of imidazole rings is 1. The van der Waals surface area contributed by atoms with Crippen LogP contribution in [0.4, 0.5) is 5.95 Å². The molecule has 1 atom stereocenters. The molecule has 10 heteroatoms. The van der Waals surface area contributed by atoms with Crippen molar-refractivity contribution < 1.29 is 4.74 Å². The number of nitrogens with two attached hydrogens (primary N) is 1. The lowest BCUT2D eigenvalue weighted by Crippen LogP contribution is -2.40. The molecule has 0 saturated carbocycles. The predicted octanol–water partition coefficient (Wildman–Crippen LogP) is 1.31. The fourth-order valence-corrected chi connectivity index (χ4v) is 4.21. The number of likely N-dealkylation sites (N-methyl/N-ethyl adjacent to an activating group) is 1. The van der Waals surface area contributed by atoms with Gasteiger partial charge in [0.15, 0.2) is 11.2 Å². The highest BCUT2D eigenvalue weighted by molar-refractivity contribution is 5.85. The molecule has 3 heterocycles. The van der Waals surface area contributed by atoms with Gasteiger partial charge in [-0.25, -0.2) is 4.79 Å². The van der Waals surface area contributed by atoms with Gasteiger partial charge in [0.25, 0.3) is 5.56 Å². The second-order valence-electron chi connectivity index (χ2n) is 8.25. The van der Waals surface area contributed by atoms with Crippen molar-refractivity contribution in [3.8, 4) is 5.75 Å². The number of hydrogen-bond donors (Lipinski definition) is 1. The number of pyridine rings is 1. The van der Waals surface area contributed by atoms with Crippen molar-refractivity contribution in [2.24, 2.45) is 12.8 Å². The standard InChI is InChI=1S/C23H29N7O3/c1-6-29-19-20(26-22(29)27(3)12-14(2)24)28(4)23(32)30(21(19)31)13-15-11-18(33-5)16-9-7-8-10-17(16)25-15/h7-11,14H,6,12-13,24H2,1-5H3. The smallest absolute Gasteiger partial charge is 0.332 e. The number of para-hydroxylation sites is 1. The van der Waals surface area contributed by atoms with Crippen molar-refractivity contribution >= 4 is 28.0 Å². The van der Waals surface area contributed by atoms with Gasteiger partial charge in [0, 0.05) is 44.7 Å². The van der Waals surface area contributed by atoms with Gasteiger partial charge in [-0.1, -0.05) is 12.1 Å². The second kappa shape index (κ2) is 8.70. The first-order valence-electron chi connectivity index (χ1n) is 10.9. The summed E-state index contributed by atoms with van der Waals surface area (Å²) in [7, 11) is 5.08. The lowest BCUT2D eigenvalue weighted by atomic mass is 10.2. The summed E-state index contributed by atoms with van der Waals surface area (Å²) in [6, 6.07) is 9.27. The maximum absolute atomic E-state index is 13.5. The van der Waals surface area contributed by atoms with Crippen LogP contribution in [0.25, 0.3) is 22.1 Å². The summed E-state index contributed by atoms with van der Waals surface area (Å²) in [6.45, 7) is 4.94. The zero-order chi connectivity index (χ0) is 23.9. The number of aryl methyl sites for hydroxylation is 2. The molecule has 3 aromatic heterocycles. The third-order valence-electron chi connectivity index (χ3n) is 5.70. The molecule has 0 saturated heterocycles. The van der Waals surface area contributed by atoms with Crippen molar-refractivity contribution in [2.75, 3.05) is 25.6 Å². The van der Waals surface area contributed by atoms with E-state index < -0.39 is 11.2 Å². The molecule has 0 aliphatic rings. The molecule has 0 amide bonds. The summed E-state index contributed by atoms with van der Waals surface area (Å²) in [5.74, 6) is 1.24. The number of fused-ring (bicyclic) bond motifs is 2. The largest absolute Gasteiger partial charge is 0.496 e. The Morgan fingerprint density at radius 3 is 2.58 bits per heavy atom. The summed E-state index contributed by atoms with van der Waals surface area (Å²) < 4.78 is 9.94. The Morgan fingerprint density at radius 1 is 1.18 bits per heavy atom. The molecule has 1 aromatic carbocycles. The third kappa shape index (κ3) is 3.86. The molecule has 1 unspecified atom stereocenters. The fraction of sp³-hybridized carbons (Fsp3) is 0.391. The van der Waals surface area contributed by atoms with Crippen LogP contribution in [0, 0.1) is 0 Å². The molecule has 0 aliphatic heterocycles. The predicted molar refractivity (Wildman–Crippen MR) is 129 cm³/mol. The van der Waals surface area contributed by atoms with Gasteiger partial charge in [-0.15, -0.1) is 0 Å². The Morgan fingerprint density at radius 2 is 1.91 bits per heavy atom. The highest BCUT2D eigenvalue weighted by atomic mass is 16.5. The number of anilines is 1. The molecular formula is C23H29N7O3. The zero-order valence-corrected chi connectivity index (χ0v) is 19.6. The van der Waals surface area contributed by atoms with E-state index in [0.717, 1.165) is 10.9 Å². The Kier molecular flexibility index (Phi) is 5.94. The molecular weight excluding hydrogens is 422 g/mol. The lowest BCUT2D eigenvalue weighted by molar-refractivity contribution is 0.418. The summed E-state index contributed by atoms with van der Waals surface area (Å²) in [4.78, 5) is 37.9. The van der Waals surface area contributed by atoms with E-state index in [-0.39, 0.29) is 12.6 Å². The van der Waals surface area contributed by atoms with Crippen molar-refractivity contribution in [1.29, 1.82) is 0 Å². The summed E-state index contributed by atoms with van der Waals surface area (Å²) in [5, 5.41) is 0.866. The Hall–Kier alpha value is -3.66. The molecule has 4 aromatic rings. The van der Waals surface area contributed by atoms with Crippen LogP contribution < -0.4 is 26.6 Å². The summed E-state index contributed by atoms with van der Waals surface area (Å²) in [6.07, 6.45) is 0. The van der Waals surface area contributed by atoms with Crippen LogP contribution in [0.5, 0.6) is 5.75 Å². The maximum atomic E-state index is 13.5. The van der Waals surface area contributed by atoms with Gasteiger partial charge in [0.1, 0.15) is 5.75 Å². The molecule has 174 valence electrons. The van der Waals surface area contributed by atoms with Crippen LogP contribution in [-0.2, 0) is 20.1 Å². The molecule has 33 heavy (non-hydrogen) atoms. The van der Waals surface area contributed by atoms with Gasteiger partial charge < -0.3 is 19.9 Å². The van der Waals surface area contributed by atoms with Crippen molar-refractivity contribution in [1.82, 2.24) is 23.7 Å². The van der Waals surface area contributed by atoms with Gasteiger partial charge >= 0.3 is 5.69 Å². The van der Waals surface area contributed by atoms with E-state index in [1.807, 2.05) is 54.6 Å². The van der Waals surface area contributed by atoms with E-state index in [2.05, 4.69) is 9.97 Å². The van der Waals surface area contributed by atoms with Gasteiger partial charge in [-0.3, -0.25) is 18.9 Å². The Balaban J connectivity index is 1.90. The molecule has 0 radical (unpaired) electrons. The van der Waals surface area contributed by atoms with Gasteiger partial charge in [0.05, 0.1) is 24.9 Å². The molecule has 0 spiro atoms. The average molecular weight is 452 g/mol. The highest BCUT2D eigenvalue weighted by Crippen LogP contribution is 2.25. The number of aromatic nitrogens is 5. The first-order valence-corrected chi connectivity index (χ1v) is 10.9. The number of rotatable bonds is 7. The Labute approximate surface area is 190 Å². The quantitative estimate of drug-likeness (QED) is 0.451. The highest BCUT2D eigenvalue weighted by Gasteiger charge is 2.22. The molecule has 2 N–H and O–H groups in total. The number of ether oxygens (including phenoxy) is 1. The molecule has 0 aliphatic carbocycles. The minimum Gasteiger partial charge on any atom is -0.496 e. The minimum atomic E-state index is -0.455. The van der Waals surface area contributed by atoms with Gasteiger partial charge in [0.2, 0.25) is 5.95 Å². The van der Waals surface area contributed by atoms with Crippen molar-refractivity contribution in [3.63, 3.8) is 0 Å². The van der Waals surface area contributed by atoms with E-state index in [0.29, 0.717) is 41.6 Å². The number of hydrogen-bond acceptors (Lipinski definition) is 7. The first kappa shape index (κ1) is 22.5. The van der Waals surface area contributed by atoms with E-state index in [1.165, 1.54) is 9.13 Å². The number of benzene rings is 1. The van der Waals surface area contributed by atoms with Crippen LogP contribution in [-0.4, -0.2) is 50.4 Å². The fourth-order valence-electron chi connectivity index (χ4n) is 4.21. The second-order valence-corrected chi connectivity index (χ2v) is 8.25. The summed E-state index contributed by atoms with van der Waals surface area (Å²) >= 11 is 0. The molecule has 4 rings (SSSR count). The van der Waals surface area contributed by atoms with Crippen molar-refractivity contribution in [2.45, 2.75) is 33.0 Å². The number of nitrogens with zero attached hydrogens (tertiary/aromatic N) is 6. The lowest BCUT2D eigenvalue weighted by Gasteiger charge is -2.20. The normalized spacial score (nSPS) is 12.4. The Bertz CT molecular complexity index is 1450. The van der Waals surface area contributed by atoms with Crippen LogP contribution in [0.2, 0.25) is 0 Å². The van der Waals surface area contributed by atoms with Crippen LogP contribution in [0.15, 0.2) is 39.9 Å². The van der Waals surface area contributed by atoms with E-state index in [4.69, 9.17) is 10.5 Å². The van der Waals surface area contributed by atoms with Crippen LogP contribution >= 0.6 is 0 Å². The topological polar surface area (TPSA) is 113 Å². The third-order valence-corrected chi connectivity index (χ3v) is 5.70. The van der Waals surface area contributed by atoms with E-state index >= 15 is 0 Å². The zero-order valence-electron chi connectivity index (χ0n) is 19.6. The minimum absolute atomic E-state index is 0.0164. The number of methoxy groups -OCH3 is 1. The van der Waals surface area contributed by atoms with Crippen LogP contribution in [0.1, 0.15) is 19.5 Å². The molecule has 0 bridgehead atoms. The van der Waals surface area contributed by atoms with Crippen LogP contribution in [0.3, 0.4) is 0 Å². The van der Waals surface area contributed by atoms with E-state index in [9.17, 15) is 9.59 Å². The summed E-state index contributed by atoms with van der Waals surface area (Å²) in [5.41, 5.74) is 7.10. The first-order chi connectivity index (χ1) is 15.8. The maximum Gasteiger partial charge on any atom is 0.332 e. The van der Waals surface area contributed by atoms with Gasteiger partial charge in [-0.05, 0) is 26.0 Å². The molecule has 0 fully saturated rings.